The number of benzene rings is 1. The molecule has 0 saturated heterocycles. The maximum absolute atomic E-state index is 4.77. The number of nitrogens with one attached hydrogen (secondary N) is 1. The maximum Gasteiger partial charge on any atom is 0.122 e. The van der Waals surface area contributed by atoms with E-state index in [-0.39, 0.29) is 0 Å². The number of hydrogen-bond acceptors (Lipinski definition) is 4. The molecule has 3 aromatic rings. The molecule has 1 aliphatic heterocycles. The molecular formula is C16H16N4S. The molecule has 1 aromatic carbocycles. The fourth-order valence-corrected chi connectivity index (χ4v) is 3.51. The Morgan fingerprint density at radius 1 is 1.24 bits per heavy atom. The monoisotopic (exact) mass is 296 g/mol. The topological polar surface area (TPSA) is 42.7 Å². The highest BCUT2D eigenvalue weighted by Gasteiger charge is 2.15. The van der Waals surface area contributed by atoms with Crippen molar-refractivity contribution in [3.05, 3.63) is 58.4 Å². The summed E-state index contributed by atoms with van der Waals surface area (Å²) in [6.45, 7) is 2.89. The average Bonchev–Trinajstić information content (AvgIpc) is 3.17. The van der Waals surface area contributed by atoms with Gasteiger partial charge in [-0.05, 0) is 0 Å². The molecule has 0 unspecified atom stereocenters. The van der Waals surface area contributed by atoms with Crippen molar-refractivity contribution >= 4 is 11.3 Å². The van der Waals surface area contributed by atoms with Crippen LogP contribution in [-0.2, 0) is 19.5 Å². The average molecular weight is 296 g/mol. The van der Waals surface area contributed by atoms with E-state index in [9.17, 15) is 0 Å². The first-order valence-corrected chi connectivity index (χ1v) is 8.02. The maximum atomic E-state index is 4.77. The van der Waals surface area contributed by atoms with Gasteiger partial charge in [0, 0.05) is 42.3 Å². The Morgan fingerprint density at radius 2 is 2.14 bits per heavy atom. The number of nitrogens with zero attached hydrogens (tertiary/aromatic N) is 3. The molecule has 1 N–H and O–H groups in total. The Hall–Kier alpha value is -1.98. The van der Waals surface area contributed by atoms with E-state index in [1.807, 2.05) is 12.3 Å². The Labute approximate surface area is 127 Å². The van der Waals surface area contributed by atoms with Crippen LogP contribution in [0.5, 0.6) is 0 Å². The van der Waals surface area contributed by atoms with Crippen molar-refractivity contribution in [2.75, 3.05) is 6.54 Å². The van der Waals surface area contributed by atoms with E-state index in [1.165, 1.54) is 11.3 Å². The fraction of sp³-hybridized carbons (Fsp3) is 0.250. The predicted molar refractivity (Wildman–Crippen MR) is 84.3 cm³/mol. The minimum absolute atomic E-state index is 0.866. The smallest absolute Gasteiger partial charge is 0.122 e. The van der Waals surface area contributed by atoms with Crippen LogP contribution in [0.2, 0.25) is 0 Å². The van der Waals surface area contributed by atoms with E-state index < -0.39 is 0 Å². The van der Waals surface area contributed by atoms with Crippen LogP contribution in [0.4, 0.5) is 0 Å². The van der Waals surface area contributed by atoms with E-state index in [0.717, 1.165) is 42.6 Å². The molecule has 1 aliphatic rings. The molecule has 3 heterocycles. The molecule has 0 saturated carbocycles. The van der Waals surface area contributed by atoms with Gasteiger partial charge in [-0.1, -0.05) is 30.3 Å². The van der Waals surface area contributed by atoms with Crippen LogP contribution in [0.25, 0.3) is 11.3 Å². The fourth-order valence-electron chi connectivity index (χ4n) is 2.69. The largest absolute Gasteiger partial charge is 0.329 e. The number of hydrogen-bond donors (Lipinski definition) is 1. The number of thiazole rings is 1. The van der Waals surface area contributed by atoms with Gasteiger partial charge in [-0.15, -0.1) is 11.3 Å². The summed E-state index contributed by atoms with van der Waals surface area (Å²) in [6, 6.07) is 10.3. The van der Waals surface area contributed by atoms with Gasteiger partial charge in [0.1, 0.15) is 5.82 Å². The van der Waals surface area contributed by atoms with E-state index in [1.54, 1.807) is 11.3 Å². The summed E-state index contributed by atoms with van der Waals surface area (Å²) in [5.41, 5.74) is 3.51. The Bertz CT molecular complexity index is 745. The number of rotatable bonds is 3. The van der Waals surface area contributed by atoms with Crippen molar-refractivity contribution in [3.63, 3.8) is 0 Å². The zero-order valence-corrected chi connectivity index (χ0v) is 12.4. The van der Waals surface area contributed by atoms with Crippen molar-refractivity contribution in [1.82, 2.24) is 19.9 Å². The molecular weight excluding hydrogens is 280 g/mol. The van der Waals surface area contributed by atoms with Crippen LogP contribution >= 0.6 is 11.3 Å². The number of imidazole rings is 1. The van der Waals surface area contributed by atoms with Gasteiger partial charge in [0.2, 0.25) is 0 Å². The first-order valence-electron chi connectivity index (χ1n) is 7.14. The van der Waals surface area contributed by atoms with Crippen molar-refractivity contribution in [3.8, 4) is 11.3 Å². The van der Waals surface area contributed by atoms with Crippen molar-refractivity contribution in [2.24, 2.45) is 0 Å². The lowest BCUT2D eigenvalue weighted by atomic mass is 10.2. The lowest BCUT2D eigenvalue weighted by molar-refractivity contribution is 0.496. The Kier molecular flexibility index (Phi) is 3.29. The molecule has 4 rings (SSSR count). The summed E-state index contributed by atoms with van der Waals surface area (Å²) in [6.07, 6.45) is 2.86. The van der Waals surface area contributed by atoms with Crippen LogP contribution in [-0.4, -0.2) is 21.1 Å². The first kappa shape index (κ1) is 12.7. The summed E-state index contributed by atoms with van der Waals surface area (Å²) in [5.74, 6) is 1.14. The Morgan fingerprint density at radius 3 is 3.05 bits per heavy atom. The second-order valence-electron chi connectivity index (χ2n) is 5.16. The van der Waals surface area contributed by atoms with Crippen LogP contribution in [0.1, 0.15) is 16.5 Å². The van der Waals surface area contributed by atoms with Crippen molar-refractivity contribution in [1.29, 1.82) is 0 Å². The molecule has 0 aliphatic carbocycles. The molecule has 2 aromatic heterocycles. The van der Waals surface area contributed by atoms with Crippen molar-refractivity contribution in [2.45, 2.75) is 19.5 Å². The molecule has 0 fully saturated rings. The molecule has 0 spiro atoms. The molecule has 5 heteroatoms. The molecule has 4 nitrogen and oxygen atoms in total. The third kappa shape index (κ3) is 2.50. The highest BCUT2D eigenvalue weighted by atomic mass is 32.1. The quantitative estimate of drug-likeness (QED) is 0.808. The lowest BCUT2D eigenvalue weighted by Gasteiger charge is -2.17. The minimum Gasteiger partial charge on any atom is -0.329 e. The number of fused-ring (bicyclic) bond motifs is 1. The summed E-state index contributed by atoms with van der Waals surface area (Å²) in [4.78, 5) is 9.26. The SMILES string of the molecule is c1ccc(-c2csc(Cc3cnc4n3CCNC4)n2)cc1. The van der Waals surface area contributed by atoms with Gasteiger partial charge < -0.3 is 9.88 Å². The van der Waals surface area contributed by atoms with Crippen LogP contribution in [0.3, 0.4) is 0 Å². The van der Waals surface area contributed by atoms with Crippen LogP contribution in [0.15, 0.2) is 41.9 Å². The third-order valence-corrected chi connectivity index (χ3v) is 4.62. The van der Waals surface area contributed by atoms with E-state index in [2.05, 4.69) is 44.5 Å². The molecule has 0 bridgehead atoms. The van der Waals surface area contributed by atoms with Crippen molar-refractivity contribution < 1.29 is 0 Å². The Balaban J connectivity index is 1.58. The second kappa shape index (κ2) is 5.42. The minimum atomic E-state index is 0.866. The normalized spacial score (nSPS) is 14.1. The first-order chi connectivity index (χ1) is 10.4. The summed E-state index contributed by atoms with van der Waals surface area (Å²) >= 11 is 1.73. The second-order valence-corrected chi connectivity index (χ2v) is 6.11. The predicted octanol–water partition coefficient (Wildman–Crippen LogP) is 2.70. The highest BCUT2D eigenvalue weighted by Crippen LogP contribution is 2.23. The van der Waals surface area contributed by atoms with E-state index in [4.69, 9.17) is 4.98 Å². The molecule has 106 valence electrons. The standard InChI is InChI=1S/C16H16N4S/c1-2-4-12(5-3-1)14-11-21-16(19-14)8-13-9-18-15-10-17-6-7-20(13)15/h1-5,9,11,17H,6-8,10H2. The van der Waals surface area contributed by atoms with Gasteiger partial charge in [0.25, 0.3) is 0 Å². The molecule has 0 atom stereocenters. The molecule has 0 radical (unpaired) electrons. The zero-order chi connectivity index (χ0) is 14.1. The van der Waals surface area contributed by atoms with E-state index in [0.29, 0.717) is 0 Å². The van der Waals surface area contributed by atoms with Gasteiger partial charge in [-0.3, -0.25) is 0 Å². The summed E-state index contributed by atoms with van der Waals surface area (Å²) in [5, 5.41) is 6.63. The zero-order valence-electron chi connectivity index (χ0n) is 11.6. The highest BCUT2D eigenvalue weighted by molar-refractivity contribution is 7.10. The molecule has 0 amide bonds. The molecule has 21 heavy (non-hydrogen) atoms. The lowest BCUT2D eigenvalue weighted by Crippen LogP contribution is -2.29. The third-order valence-electron chi connectivity index (χ3n) is 3.77. The summed E-state index contributed by atoms with van der Waals surface area (Å²) < 4.78 is 2.32. The summed E-state index contributed by atoms with van der Waals surface area (Å²) in [7, 11) is 0. The van der Waals surface area contributed by atoms with E-state index >= 15 is 0 Å². The van der Waals surface area contributed by atoms with Gasteiger partial charge in [-0.2, -0.15) is 0 Å². The van der Waals surface area contributed by atoms with Crippen LogP contribution < -0.4 is 5.32 Å². The van der Waals surface area contributed by atoms with Gasteiger partial charge in [0.05, 0.1) is 17.2 Å². The van der Waals surface area contributed by atoms with Crippen LogP contribution in [0, 0.1) is 0 Å². The van der Waals surface area contributed by atoms with Gasteiger partial charge in [0.15, 0.2) is 0 Å². The number of aromatic nitrogens is 3. The van der Waals surface area contributed by atoms with Gasteiger partial charge in [-0.25, -0.2) is 9.97 Å². The van der Waals surface area contributed by atoms with Gasteiger partial charge >= 0.3 is 0 Å².